The van der Waals surface area contributed by atoms with Gasteiger partial charge >= 0.3 is 11.9 Å². The average molecular weight is 439 g/mol. The van der Waals surface area contributed by atoms with Crippen molar-refractivity contribution in [2.24, 2.45) is 0 Å². The highest BCUT2D eigenvalue weighted by Crippen LogP contribution is 2.38. The molecule has 6 heteroatoms. The molecule has 0 bridgehead atoms. The van der Waals surface area contributed by atoms with Crippen molar-refractivity contribution in [2.75, 3.05) is 6.61 Å². The van der Waals surface area contributed by atoms with Crippen LogP contribution < -0.4 is 4.74 Å². The summed E-state index contributed by atoms with van der Waals surface area (Å²) in [6.07, 6.45) is 7.54. The Labute approximate surface area is 182 Å². The number of unbranched alkanes of at least 4 members (excludes halogenated alkanes) is 5. The van der Waals surface area contributed by atoms with E-state index >= 15 is 0 Å². The molecule has 0 radical (unpaired) electrons. The van der Waals surface area contributed by atoms with Crippen LogP contribution in [0.25, 0.3) is 10.8 Å². The Hall–Kier alpha value is -1.78. The van der Waals surface area contributed by atoms with E-state index in [0.29, 0.717) is 29.2 Å². The number of ether oxygens (including phenoxy) is 2. The van der Waals surface area contributed by atoms with E-state index in [9.17, 15) is 9.59 Å². The van der Waals surface area contributed by atoms with Gasteiger partial charge in [0.1, 0.15) is 0 Å². The largest absolute Gasteiger partial charge is 0.466 e. The van der Waals surface area contributed by atoms with Gasteiger partial charge in [0.2, 0.25) is 0 Å². The van der Waals surface area contributed by atoms with Gasteiger partial charge < -0.3 is 9.47 Å². The molecule has 158 valence electrons. The smallest absolute Gasteiger partial charge is 0.311 e. The van der Waals surface area contributed by atoms with E-state index in [0.717, 1.165) is 18.2 Å². The van der Waals surface area contributed by atoms with Gasteiger partial charge in [-0.25, -0.2) is 0 Å². The van der Waals surface area contributed by atoms with E-state index in [1.165, 1.54) is 25.7 Å². The van der Waals surface area contributed by atoms with Gasteiger partial charge in [-0.2, -0.15) is 0 Å². The molecule has 0 amide bonds. The van der Waals surface area contributed by atoms with Crippen LogP contribution in [-0.4, -0.2) is 18.5 Å². The number of carbonyl (C=O) groups is 2. The molecule has 0 heterocycles. The monoisotopic (exact) mass is 438 g/mol. The zero-order chi connectivity index (χ0) is 21.1. The Kier molecular flexibility index (Phi) is 10.3. The van der Waals surface area contributed by atoms with Crippen LogP contribution in [0.3, 0.4) is 0 Å². The number of fused-ring (bicyclic) bond motifs is 1. The summed E-state index contributed by atoms with van der Waals surface area (Å²) in [5, 5.41) is 2.22. The van der Waals surface area contributed by atoms with Gasteiger partial charge in [-0.3, -0.25) is 9.59 Å². The Balaban J connectivity index is 1.71. The first-order valence-corrected chi connectivity index (χ1v) is 11.0. The van der Waals surface area contributed by atoms with Crippen molar-refractivity contribution in [3.8, 4) is 5.75 Å². The second kappa shape index (κ2) is 12.7. The molecular weight excluding hydrogens is 411 g/mol. The van der Waals surface area contributed by atoms with Crippen molar-refractivity contribution in [3.05, 3.63) is 40.4 Å². The van der Waals surface area contributed by atoms with Crippen LogP contribution in [0.15, 0.2) is 30.3 Å². The van der Waals surface area contributed by atoms with Gasteiger partial charge in [-0.05, 0) is 18.9 Å². The molecule has 4 nitrogen and oxygen atoms in total. The predicted molar refractivity (Wildman–Crippen MR) is 118 cm³/mol. The van der Waals surface area contributed by atoms with Crippen molar-refractivity contribution < 1.29 is 19.1 Å². The highest BCUT2D eigenvalue weighted by molar-refractivity contribution is 6.40. The summed E-state index contributed by atoms with van der Waals surface area (Å²) in [5.41, 5.74) is 0. The van der Waals surface area contributed by atoms with E-state index in [1.807, 2.05) is 18.2 Å². The minimum Gasteiger partial charge on any atom is -0.466 e. The molecular formula is C23H28Cl2O4. The third-order valence-electron chi connectivity index (χ3n) is 4.64. The van der Waals surface area contributed by atoms with E-state index < -0.39 is 5.97 Å². The van der Waals surface area contributed by atoms with Gasteiger partial charge in [0.05, 0.1) is 16.7 Å². The third-order valence-corrected chi connectivity index (χ3v) is 5.23. The summed E-state index contributed by atoms with van der Waals surface area (Å²) in [4.78, 5) is 24.0. The van der Waals surface area contributed by atoms with Crippen LogP contribution in [0.5, 0.6) is 5.75 Å². The Morgan fingerprint density at radius 1 is 0.828 bits per heavy atom. The fourth-order valence-corrected chi connectivity index (χ4v) is 3.64. The lowest BCUT2D eigenvalue weighted by Gasteiger charge is -2.11. The zero-order valence-corrected chi connectivity index (χ0v) is 18.4. The van der Waals surface area contributed by atoms with Crippen LogP contribution in [0.2, 0.25) is 10.0 Å². The van der Waals surface area contributed by atoms with Crippen molar-refractivity contribution in [3.63, 3.8) is 0 Å². The van der Waals surface area contributed by atoms with Crippen LogP contribution >= 0.6 is 23.2 Å². The molecule has 0 saturated carbocycles. The summed E-state index contributed by atoms with van der Waals surface area (Å²) in [5.74, 6) is -0.424. The molecule has 0 N–H and O–H groups in total. The van der Waals surface area contributed by atoms with Gasteiger partial charge in [-0.15, -0.1) is 0 Å². The molecule has 0 aliphatic rings. The topological polar surface area (TPSA) is 52.6 Å². The lowest BCUT2D eigenvalue weighted by molar-refractivity contribution is -0.144. The molecule has 2 aromatic rings. The summed E-state index contributed by atoms with van der Waals surface area (Å²) in [6.45, 7) is 2.63. The molecule has 29 heavy (non-hydrogen) atoms. The Morgan fingerprint density at radius 2 is 1.48 bits per heavy atom. The standard InChI is InChI=1S/C23H28Cl2O4/c1-2-3-4-5-6-9-15-28-21(26)13-10-14-22(27)29-23-18-12-8-7-11-17(18)19(24)16-20(23)25/h7-8,11-12,16H,2-6,9-10,13-15H2,1H3. The summed E-state index contributed by atoms with van der Waals surface area (Å²) < 4.78 is 10.7. The number of hydrogen-bond acceptors (Lipinski definition) is 4. The van der Waals surface area contributed by atoms with Gasteiger partial charge in [-0.1, -0.05) is 86.5 Å². The molecule has 2 rings (SSSR count). The fourth-order valence-electron chi connectivity index (χ4n) is 3.06. The maximum atomic E-state index is 12.2. The Morgan fingerprint density at radius 3 is 2.24 bits per heavy atom. The third kappa shape index (κ3) is 7.87. The normalized spacial score (nSPS) is 10.9. The van der Waals surface area contributed by atoms with Crippen LogP contribution in [0, 0.1) is 0 Å². The molecule has 0 spiro atoms. The second-order valence-corrected chi connectivity index (χ2v) is 7.85. The van der Waals surface area contributed by atoms with Crippen molar-refractivity contribution >= 4 is 45.9 Å². The van der Waals surface area contributed by atoms with Gasteiger partial charge in [0, 0.05) is 23.6 Å². The van der Waals surface area contributed by atoms with Crippen LogP contribution in [0.1, 0.15) is 64.7 Å². The van der Waals surface area contributed by atoms with E-state index in [1.54, 1.807) is 12.1 Å². The Bertz CT molecular complexity index is 820. The van der Waals surface area contributed by atoms with Gasteiger partial charge in [0.15, 0.2) is 5.75 Å². The maximum Gasteiger partial charge on any atom is 0.311 e. The van der Waals surface area contributed by atoms with Gasteiger partial charge in [0.25, 0.3) is 0 Å². The van der Waals surface area contributed by atoms with Crippen LogP contribution in [0.4, 0.5) is 0 Å². The number of esters is 2. The molecule has 0 aliphatic heterocycles. The molecule has 0 aromatic heterocycles. The van der Waals surface area contributed by atoms with Crippen molar-refractivity contribution in [2.45, 2.75) is 64.7 Å². The predicted octanol–water partition coefficient (Wildman–Crippen LogP) is 7.13. The number of halogens is 2. The quantitative estimate of drug-likeness (QED) is 0.201. The first-order valence-electron chi connectivity index (χ1n) is 10.3. The van der Waals surface area contributed by atoms with E-state index in [2.05, 4.69) is 6.92 Å². The first-order chi connectivity index (χ1) is 14.0. The average Bonchev–Trinajstić information content (AvgIpc) is 2.70. The second-order valence-electron chi connectivity index (χ2n) is 7.03. The molecule has 0 saturated heterocycles. The minimum absolute atomic E-state index is 0.111. The highest BCUT2D eigenvalue weighted by atomic mass is 35.5. The van der Waals surface area contributed by atoms with Crippen molar-refractivity contribution in [1.29, 1.82) is 0 Å². The minimum atomic E-state index is -0.442. The highest BCUT2D eigenvalue weighted by Gasteiger charge is 2.15. The SMILES string of the molecule is CCCCCCCCOC(=O)CCCC(=O)Oc1c(Cl)cc(Cl)c2ccccc12. The van der Waals surface area contributed by atoms with E-state index in [4.69, 9.17) is 32.7 Å². The zero-order valence-electron chi connectivity index (χ0n) is 16.8. The molecule has 0 atom stereocenters. The number of rotatable bonds is 12. The molecule has 0 fully saturated rings. The van der Waals surface area contributed by atoms with Crippen molar-refractivity contribution in [1.82, 2.24) is 0 Å². The first kappa shape index (κ1) is 23.5. The summed E-state index contributed by atoms with van der Waals surface area (Å²) >= 11 is 12.4. The number of benzene rings is 2. The number of hydrogen-bond donors (Lipinski definition) is 0. The molecule has 2 aromatic carbocycles. The lowest BCUT2D eigenvalue weighted by Crippen LogP contribution is -2.11. The summed E-state index contributed by atoms with van der Waals surface area (Å²) in [7, 11) is 0. The lowest BCUT2D eigenvalue weighted by atomic mass is 10.1. The molecule has 0 unspecified atom stereocenters. The maximum absolute atomic E-state index is 12.2. The summed E-state index contributed by atoms with van der Waals surface area (Å²) in [6, 6.07) is 8.88. The fraction of sp³-hybridized carbons (Fsp3) is 0.478. The van der Waals surface area contributed by atoms with Crippen LogP contribution in [-0.2, 0) is 14.3 Å². The number of carbonyl (C=O) groups excluding carboxylic acids is 2. The van der Waals surface area contributed by atoms with E-state index in [-0.39, 0.29) is 23.8 Å². The molecule has 0 aliphatic carbocycles.